The van der Waals surface area contributed by atoms with Crippen molar-refractivity contribution in [2.75, 3.05) is 0 Å². The van der Waals surface area contributed by atoms with Crippen LogP contribution in [0.4, 0.5) is 0 Å². The third kappa shape index (κ3) is 1.39. The van der Waals surface area contributed by atoms with Gasteiger partial charge in [-0.3, -0.25) is 4.21 Å². The Hall–Kier alpha value is -0.0500. The van der Waals surface area contributed by atoms with Gasteiger partial charge in [-0.1, -0.05) is 23.2 Å². The number of rotatable bonds is 0. The molecule has 1 nitrogen and oxygen atoms in total. The van der Waals surface area contributed by atoms with E-state index in [2.05, 4.69) is 0 Å². The van der Waals surface area contributed by atoms with Crippen molar-refractivity contribution in [3.8, 4) is 0 Å². The quantitative estimate of drug-likeness (QED) is 0.658. The number of fused-ring (bicyclic) bond motifs is 1. The van der Waals surface area contributed by atoms with E-state index in [1.807, 2.05) is 12.1 Å². The van der Waals surface area contributed by atoms with E-state index in [1.165, 1.54) is 0 Å². The second-order valence-electron chi connectivity index (χ2n) is 2.76. The lowest BCUT2D eigenvalue weighted by Crippen LogP contribution is -1.82. The summed E-state index contributed by atoms with van der Waals surface area (Å²) in [6, 6.07) is 3.62. The molecule has 0 aromatic heterocycles. The first kappa shape index (κ1) is 8.54. The molecule has 1 aromatic carbocycles. The molecule has 1 aromatic rings. The van der Waals surface area contributed by atoms with Gasteiger partial charge in [0, 0.05) is 22.3 Å². The van der Waals surface area contributed by atoms with Gasteiger partial charge in [0.2, 0.25) is 0 Å². The van der Waals surface area contributed by atoms with Gasteiger partial charge in [0.25, 0.3) is 0 Å². The Morgan fingerprint density at radius 2 is 1.50 bits per heavy atom. The zero-order valence-electron chi connectivity index (χ0n) is 6.14. The fourth-order valence-corrected chi connectivity index (χ4v) is 3.00. The van der Waals surface area contributed by atoms with Gasteiger partial charge in [0.05, 0.1) is 10.0 Å². The predicted molar refractivity (Wildman–Crippen MR) is 52.0 cm³/mol. The Labute approximate surface area is 83.1 Å². The molecule has 0 unspecified atom stereocenters. The topological polar surface area (TPSA) is 17.1 Å². The second-order valence-corrected chi connectivity index (χ2v) is 5.03. The van der Waals surface area contributed by atoms with E-state index in [0.717, 1.165) is 11.1 Å². The summed E-state index contributed by atoms with van der Waals surface area (Å²) in [5.74, 6) is 1.23. The molecule has 1 aliphatic rings. The highest BCUT2D eigenvalue weighted by Gasteiger charge is 2.18. The fourth-order valence-electron chi connectivity index (χ4n) is 1.30. The minimum absolute atomic E-state index is 0.550. The lowest BCUT2D eigenvalue weighted by molar-refractivity contribution is 0.684. The second kappa shape index (κ2) is 3.02. The summed E-state index contributed by atoms with van der Waals surface area (Å²) in [4.78, 5) is 0. The average Bonchev–Trinajstić information content (AvgIpc) is 2.30. The Morgan fingerprint density at radius 1 is 1.08 bits per heavy atom. The zero-order valence-corrected chi connectivity index (χ0v) is 8.47. The van der Waals surface area contributed by atoms with Crippen LogP contribution in [0.25, 0.3) is 0 Å². The average molecular weight is 221 g/mol. The van der Waals surface area contributed by atoms with E-state index < -0.39 is 10.8 Å². The molecule has 0 saturated heterocycles. The van der Waals surface area contributed by atoms with E-state index in [1.54, 1.807) is 0 Å². The van der Waals surface area contributed by atoms with Crippen molar-refractivity contribution in [3.05, 3.63) is 33.3 Å². The SMILES string of the molecule is O=S1Cc2cc(Cl)c(Cl)cc2C1. The van der Waals surface area contributed by atoms with Gasteiger partial charge < -0.3 is 0 Å². The summed E-state index contributed by atoms with van der Waals surface area (Å²) in [6.07, 6.45) is 0. The minimum Gasteiger partial charge on any atom is -0.259 e. The Bertz CT molecular complexity index is 329. The van der Waals surface area contributed by atoms with Crippen molar-refractivity contribution in [2.45, 2.75) is 11.5 Å². The maximum atomic E-state index is 11.1. The highest BCUT2D eigenvalue weighted by molar-refractivity contribution is 7.83. The van der Waals surface area contributed by atoms with E-state index in [0.29, 0.717) is 21.6 Å². The molecule has 64 valence electrons. The van der Waals surface area contributed by atoms with Gasteiger partial charge in [0.1, 0.15) is 0 Å². The first-order chi connectivity index (χ1) is 5.66. The standard InChI is InChI=1S/C8H6Cl2OS/c9-7-1-5-3-12(11)4-6(5)2-8(7)10/h1-2H,3-4H2. The highest BCUT2D eigenvalue weighted by atomic mass is 35.5. The van der Waals surface area contributed by atoms with Crippen LogP contribution >= 0.6 is 23.2 Å². The van der Waals surface area contributed by atoms with Crippen LogP contribution in [0.1, 0.15) is 11.1 Å². The minimum atomic E-state index is -0.753. The highest BCUT2D eigenvalue weighted by Crippen LogP contribution is 2.31. The molecule has 1 heterocycles. The fraction of sp³-hybridized carbons (Fsp3) is 0.250. The zero-order chi connectivity index (χ0) is 8.72. The molecule has 12 heavy (non-hydrogen) atoms. The van der Waals surface area contributed by atoms with Crippen LogP contribution in [0.5, 0.6) is 0 Å². The summed E-state index contributed by atoms with van der Waals surface area (Å²) in [7, 11) is -0.753. The van der Waals surface area contributed by atoms with E-state index >= 15 is 0 Å². The summed E-state index contributed by atoms with van der Waals surface area (Å²) < 4.78 is 11.1. The molecule has 2 rings (SSSR count). The molecule has 0 saturated carbocycles. The molecular weight excluding hydrogens is 215 g/mol. The summed E-state index contributed by atoms with van der Waals surface area (Å²) >= 11 is 11.6. The lowest BCUT2D eigenvalue weighted by Gasteiger charge is -1.99. The van der Waals surface area contributed by atoms with Crippen LogP contribution in [0.2, 0.25) is 10.0 Å². The smallest absolute Gasteiger partial charge is 0.0595 e. The van der Waals surface area contributed by atoms with Gasteiger partial charge in [-0.25, -0.2) is 0 Å². The first-order valence-corrected chi connectivity index (χ1v) is 5.73. The molecular formula is C8H6Cl2OS. The maximum Gasteiger partial charge on any atom is 0.0595 e. The summed E-state index contributed by atoms with van der Waals surface area (Å²) in [5, 5.41) is 1.10. The number of hydrogen-bond donors (Lipinski definition) is 0. The monoisotopic (exact) mass is 220 g/mol. The predicted octanol–water partition coefficient (Wildman–Crippen LogP) is 2.76. The van der Waals surface area contributed by atoms with Crippen LogP contribution < -0.4 is 0 Å². The molecule has 0 aliphatic carbocycles. The molecule has 0 fully saturated rings. The molecule has 1 aliphatic heterocycles. The van der Waals surface area contributed by atoms with Crippen LogP contribution in [-0.4, -0.2) is 4.21 Å². The van der Waals surface area contributed by atoms with Crippen LogP contribution in [0.3, 0.4) is 0 Å². The van der Waals surface area contributed by atoms with Gasteiger partial charge in [-0.15, -0.1) is 0 Å². The molecule has 0 atom stereocenters. The Balaban J connectivity index is 2.55. The summed E-state index contributed by atoms with van der Waals surface area (Å²) in [6.45, 7) is 0. The van der Waals surface area contributed by atoms with E-state index in [9.17, 15) is 4.21 Å². The van der Waals surface area contributed by atoms with E-state index in [4.69, 9.17) is 23.2 Å². The lowest BCUT2D eigenvalue weighted by atomic mass is 10.1. The van der Waals surface area contributed by atoms with Crippen LogP contribution in [0, 0.1) is 0 Å². The van der Waals surface area contributed by atoms with E-state index in [-0.39, 0.29) is 0 Å². The number of hydrogen-bond acceptors (Lipinski definition) is 1. The van der Waals surface area contributed by atoms with Crippen molar-refractivity contribution in [3.63, 3.8) is 0 Å². The largest absolute Gasteiger partial charge is 0.259 e. The molecule has 0 radical (unpaired) electrons. The molecule has 0 N–H and O–H groups in total. The third-order valence-corrected chi connectivity index (χ3v) is 3.86. The van der Waals surface area contributed by atoms with Crippen molar-refractivity contribution in [2.24, 2.45) is 0 Å². The molecule has 4 heteroatoms. The first-order valence-electron chi connectivity index (χ1n) is 3.48. The van der Waals surface area contributed by atoms with Gasteiger partial charge in [-0.05, 0) is 23.3 Å². The number of benzene rings is 1. The van der Waals surface area contributed by atoms with Gasteiger partial charge in [0.15, 0.2) is 0 Å². The van der Waals surface area contributed by atoms with Crippen molar-refractivity contribution < 1.29 is 4.21 Å². The van der Waals surface area contributed by atoms with Crippen LogP contribution in [0.15, 0.2) is 12.1 Å². The molecule has 0 spiro atoms. The maximum absolute atomic E-state index is 11.1. The normalized spacial score (nSPS) is 16.5. The van der Waals surface area contributed by atoms with Gasteiger partial charge in [-0.2, -0.15) is 0 Å². The Kier molecular flexibility index (Phi) is 2.15. The Morgan fingerprint density at radius 3 is 1.92 bits per heavy atom. The molecule has 0 amide bonds. The van der Waals surface area contributed by atoms with Crippen molar-refractivity contribution in [1.29, 1.82) is 0 Å². The van der Waals surface area contributed by atoms with Gasteiger partial charge >= 0.3 is 0 Å². The summed E-state index contributed by atoms with van der Waals surface area (Å²) in [5.41, 5.74) is 2.14. The van der Waals surface area contributed by atoms with Crippen molar-refractivity contribution in [1.82, 2.24) is 0 Å². The molecule has 0 bridgehead atoms. The number of halogens is 2. The van der Waals surface area contributed by atoms with Crippen LogP contribution in [-0.2, 0) is 22.3 Å². The third-order valence-electron chi connectivity index (χ3n) is 1.88. The van der Waals surface area contributed by atoms with Crippen molar-refractivity contribution >= 4 is 34.0 Å².